The van der Waals surface area contributed by atoms with Gasteiger partial charge in [0.05, 0.1) is 4.92 Å². The van der Waals surface area contributed by atoms with Crippen LogP contribution in [0.15, 0.2) is 12.3 Å². The van der Waals surface area contributed by atoms with Crippen LogP contribution in [0, 0.1) is 33.3 Å². The van der Waals surface area contributed by atoms with Crippen molar-refractivity contribution in [3.8, 4) is 6.07 Å². The van der Waals surface area contributed by atoms with E-state index in [2.05, 4.69) is 17.2 Å². The van der Waals surface area contributed by atoms with Crippen molar-refractivity contribution >= 4 is 11.5 Å². The summed E-state index contributed by atoms with van der Waals surface area (Å²) in [4.78, 5) is 14.4. The molecular formula is C12H14N4O2. The van der Waals surface area contributed by atoms with Crippen LogP contribution in [0.25, 0.3) is 0 Å². The van der Waals surface area contributed by atoms with Crippen LogP contribution in [0.3, 0.4) is 0 Å². The van der Waals surface area contributed by atoms with E-state index in [9.17, 15) is 10.1 Å². The Balaban J connectivity index is 2.16. The second-order valence-electron chi connectivity index (χ2n) is 4.62. The van der Waals surface area contributed by atoms with Gasteiger partial charge in [-0.3, -0.25) is 10.1 Å². The average molecular weight is 246 g/mol. The van der Waals surface area contributed by atoms with Crippen molar-refractivity contribution in [2.75, 3.05) is 11.9 Å². The Morgan fingerprint density at radius 3 is 3.00 bits per heavy atom. The van der Waals surface area contributed by atoms with Crippen molar-refractivity contribution in [1.29, 1.82) is 5.26 Å². The number of nitrogens with one attached hydrogen (secondary N) is 1. The van der Waals surface area contributed by atoms with Gasteiger partial charge in [0.15, 0.2) is 0 Å². The van der Waals surface area contributed by atoms with Crippen molar-refractivity contribution in [2.24, 2.45) is 11.8 Å². The molecule has 0 radical (unpaired) electrons. The van der Waals surface area contributed by atoms with E-state index in [4.69, 9.17) is 5.26 Å². The quantitative estimate of drug-likeness (QED) is 0.635. The summed E-state index contributed by atoms with van der Waals surface area (Å²) >= 11 is 0. The summed E-state index contributed by atoms with van der Waals surface area (Å²) in [7, 11) is 0. The van der Waals surface area contributed by atoms with E-state index in [0.717, 1.165) is 5.92 Å². The second kappa shape index (κ2) is 5.00. The number of rotatable bonds is 5. The third kappa shape index (κ3) is 2.56. The molecule has 1 aromatic rings. The molecule has 1 heterocycles. The third-order valence-corrected chi connectivity index (χ3v) is 3.25. The highest BCUT2D eigenvalue weighted by molar-refractivity contribution is 5.64. The van der Waals surface area contributed by atoms with E-state index < -0.39 is 4.92 Å². The predicted octanol–water partition coefficient (Wildman–Crippen LogP) is 2.32. The number of aromatic nitrogens is 1. The zero-order valence-electron chi connectivity index (χ0n) is 10.1. The summed E-state index contributed by atoms with van der Waals surface area (Å²) in [5.41, 5.74) is -0.195. The summed E-state index contributed by atoms with van der Waals surface area (Å²) in [5, 5.41) is 22.8. The maximum absolute atomic E-state index is 11.0. The van der Waals surface area contributed by atoms with Gasteiger partial charge in [-0.05, 0) is 30.7 Å². The Kier molecular flexibility index (Phi) is 3.42. The molecule has 1 aliphatic rings. The van der Waals surface area contributed by atoms with Gasteiger partial charge < -0.3 is 5.32 Å². The van der Waals surface area contributed by atoms with Gasteiger partial charge in [0.1, 0.15) is 11.6 Å². The molecule has 1 aromatic heterocycles. The summed E-state index contributed by atoms with van der Waals surface area (Å²) in [6, 6.07) is 3.17. The Morgan fingerprint density at radius 2 is 2.44 bits per heavy atom. The van der Waals surface area contributed by atoms with Gasteiger partial charge in [0.2, 0.25) is 5.82 Å². The normalized spacial score (nSPS) is 15.8. The van der Waals surface area contributed by atoms with E-state index in [1.165, 1.54) is 25.1 Å². The first kappa shape index (κ1) is 12.3. The van der Waals surface area contributed by atoms with Crippen LogP contribution in [-0.2, 0) is 0 Å². The van der Waals surface area contributed by atoms with Crippen LogP contribution >= 0.6 is 0 Å². The Bertz CT molecular complexity index is 505. The zero-order chi connectivity index (χ0) is 13.1. The molecule has 18 heavy (non-hydrogen) atoms. The van der Waals surface area contributed by atoms with Gasteiger partial charge >= 0.3 is 5.69 Å². The Morgan fingerprint density at radius 1 is 1.72 bits per heavy atom. The van der Waals surface area contributed by atoms with E-state index in [1.807, 2.05) is 6.07 Å². The molecule has 0 aromatic carbocycles. The summed E-state index contributed by atoms with van der Waals surface area (Å²) in [6.45, 7) is 2.76. The summed E-state index contributed by atoms with van der Waals surface area (Å²) < 4.78 is 0. The highest BCUT2D eigenvalue weighted by atomic mass is 16.6. The first-order chi connectivity index (χ1) is 8.63. The maximum Gasteiger partial charge on any atom is 0.328 e. The van der Waals surface area contributed by atoms with Crippen LogP contribution in [-0.4, -0.2) is 16.5 Å². The lowest BCUT2D eigenvalue weighted by molar-refractivity contribution is -0.384. The molecular weight excluding hydrogens is 232 g/mol. The first-order valence-electron chi connectivity index (χ1n) is 5.91. The molecule has 0 aliphatic heterocycles. The zero-order valence-corrected chi connectivity index (χ0v) is 10.1. The highest BCUT2D eigenvalue weighted by Gasteiger charge is 2.28. The summed E-state index contributed by atoms with van der Waals surface area (Å²) in [5.74, 6) is 1.37. The molecule has 1 unspecified atom stereocenters. The topological polar surface area (TPSA) is 91.8 Å². The molecule has 0 saturated heterocycles. The van der Waals surface area contributed by atoms with E-state index >= 15 is 0 Å². The second-order valence-corrected chi connectivity index (χ2v) is 4.62. The molecule has 6 heteroatoms. The lowest BCUT2D eigenvalue weighted by Crippen LogP contribution is -2.15. The van der Waals surface area contributed by atoms with Crippen LogP contribution in [0.2, 0.25) is 0 Å². The SMILES string of the molecule is CC(CNc1nccc(C#N)c1[N+](=O)[O-])C1CC1. The Labute approximate surface area is 105 Å². The average Bonchev–Trinajstić information content (AvgIpc) is 3.19. The van der Waals surface area contributed by atoms with Gasteiger partial charge in [0, 0.05) is 12.7 Å². The van der Waals surface area contributed by atoms with Gasteiger partial charge in [-0.2, -0.15) is 5.26 Å². The van der Waals surface area contributed by atoms with Gasteiger partial charge in [-0.15, -0.1) is 0 Å². The van der Waals surface area contributed by atoms with Crippen molar-refractivity contribution in [1.82, 2.24) is 4.98 Å². The van der Waals surface area contributed by atoms with E-state index in [0.29, 0.717) is 12.5 Å². The highest BCUT2D eigenvalue weighted by Crippen LogP contribution is 2.36. The molecule has 0 bridgehead atoms. The molecule has 6 nitrogen and oxygen atoms in total. The lowest BCUT2D eigenvalue weighted by atomic mass is 10.1. The number of nitrogens with zero attached hydrogens (tertiary/aromatic N) is 3. The number of hydrogen-bond acceptors (Lipinski definition) is 5. The molecule has 0 amide bonds. The largest absolute Gasteiger partial charge is 0.364 e. The van der Waals surface area contributed by atoms with Crippen molar-refractivity contribution in [3.63, 3.8) is 0 Å². The smallest absolute Gasteiger partial charge is 0.328 e. The van der Waals surface area contributed by atoms with Gasteiger partial charge in [0.25, 0.3) is 0 Å². The van der Waals surface area contributed by atoms with E-state index in [-0.39, 0.29) is 17.1 Å². The summed E-state index contributed by atoms with van der Waals surface area (Å²) in [6.07, 6.45) is 3.88. The molecule has 1 saturated carbocycles. The monoisotopic (exact) mass is 246 g/mol. The third-order valence-electron chi connectivity index (χ3n) is 3.25. The number of pyridine rings is 1. The van der Waals surface area contributed by atoms with Crippen LogP contribution < -0.4 is 5.32 Å². The lowest BCUT2D eigenvalue weighted by Gasteiger charge is -2.12. The predicted molar refractivity (Wildman–Crippen MR) is 66.0 cm³/mol. The molecule has 1 fully saturated rings. The standard InChI is InChI=1S/C12H14N4O2/c1-8(9-2-3-9)7-15-12-11(16(17)18)10(6-13)4-5-14-12/h4-5,8-9H,2-3,7H2,1H3,(H,14,15). The van der Waals surface area contributed by atoms with Crippen LogP contribution in [0.5, 0.6) is 0 Å². The molecule has 2 rings (SSSR count). The van der Waals surface area contributed by atoms with E-state index in [1.54, 1.807) is 0 Å². The van der Waals surface area contributed by atoms with Gasteiger partial charge in [-0.1, -0.05) is 6.92 Å². The van der Waals surface area contributed by atoms with Crippen molar-refractivity contribution in [2.45, 2.75) is 19.8 Å². The number of hydrogen-bond donors (Lipinski definition) is 1. The minimum atomic E-state index is -0.560. The maximum atomic E-state index is 11.0. The number of nitro groups is 1. The molecule has 1 atom stereocenters. The first-order valence-corrected chi connectivity index (χ1v) is 5.91. The fraction of sp³-hybridized carbons (Fsp3) is 0.500. The van der Waals surface area contributed by atoms with Crippen LogP contribution in [0.1, 0.15) is 25.3 Å². The molecule has 94 valence electrons. The molecule has 1 aliphatic carbocycles. The fourth-order valence-electron chi connectivity index (χ4n) is 1.95. The van der Waals surface area contributed by atoms with Gasteiger partial charge in [-0.25, -0.2) is 4.98 Å². The molecule has 1 N–H and O–H groups in total. The number of anilines is 1. The number of nitriles is 1. The minimum Gasteiger partial charge on any atom is -0.364 e. The van der Waals surface area contributed by atoms with Crippen molar-refractivity contribution < 1.29 is 4.92 Å². The van der Waals surface area contributed by atoms with Crippen molar-refractivity contribution in [3.05, 3.63) is 27.9 Å². The van der Waals surface area contributed by atoms with Crippen LogP contribution in [0.4, 0.5) is 11.5 Å². The fourth-order valence-corrected chi connectivity index (χ4v) is 1.95. The minimum absolute atomic E-state index is 0.0385. The Hall–Kier alpha value is -2.16. The molecule has 0 spiro atoms.